The maximum Gasteiger partial charge on any atom is 0.251 e. The summed E-state index contributed by atoms with van der Waals surface area (Å²) in [6, 6.07) is 9.91. The second kappa shape index (κ2) is 8.00. The molecule has 1 aromatic heterocycles. The number of aromatic nitrogens is 2. The molecule has 1 heterocycles. The zero-order chi connectivity index (χ0) is 20.4. The summed E-state index contributed by atoms with van der Waals surface area (Å²) < 4.78 is 18.7. The normalized spacial score (nSPS) is 18.2. The number of methoxy groups -OCH3 is 1. The number of fused-ring (bicyclic) bond motifs is 1. The lowest BCUT2D eigenvalue weighted by Crippen LogP contribution is -2.39. The lowest BCUT2D eigenvalue weighted by atomic mass is 9.90. The number of benzene rings is 2. The molecule has 150 valence electrons. The average Bonchev–Trinajstić information content (AvgIpc) is 2.70. The molecule has 29 heavy (non-hydrogen) atoms. The Balaban J connectivity index is 1.44. The van der Waals surface area contributed by atoms with Crippen LogP contribution in [0.15, 0.2) is 42.6 Å². The molecule has 3 aromatic rings. The van der Waals surface area contributed by atoms with Gasteiger partial charge in [-0.1, -0.05) is 12.1 Å². The van der Waals surface area contributed by atoms with E-state index >= 15 is 0 Å². The molecule has 0 unspecified atom stereocenters. The molecule has 0 aliphatic heterocycles. The molecule has 1 saturated carbocycles. The first-order chi connectivity index (χ1) is 14.0. The molecular weight excluding hydrogens is 375 g/mol. The van der Waals surface area contributed by atoms with Gasteiger partial charge in [-0.3, -0.25) is 4.79 Å². The van der Waals surface area contributed by atoms with E-state index in [0.717, 1.165) is 5.39 Å². The quantitative estimate of drug-likeness (QED) is 0.593. The Kier molecular flexibility index (Phi) is 5.26. The van der Waals surface area contributed by atoms with Crippen molar-refractivity contribution in [3.8, 4) is 5.75 Å². The number of halogens is 1. The van der Waals surface area contributed by atoms with Gasteiger partial charge in [0.25, 0.3) is 5.91 Å². The lowest BCUT2D eigenvalue weighted by Gasteiger charge is -2.31. The van der Waals surface area contributed by atoms with Crippen LogP contribution in [0.25, 0.3) is 10.9 Å². The van der Waals surface area contributed by atoms with Crippen molar-refractivity contribution in [2.75, 3.05) is 12.4 Å². The highest BCUT2D eigenvalue weighted by molar-refractivity contribution is 5.97. The second-order valence-corrected chi connectivity index (χ2v) is 7.09. The Morgan fingerprint density at radius 1 is 1.28 bits per heavy atom. The molecule has 1 aliphatic carbocycles. The van der Waals surface area contributed by atoms with Crippen LogP contribution in [0.1, 0.15) is 28.8 Å². The van der Waals surface area contributed by atoms with E-state index in [2.05, 4.69) is 20.6 Å². The minimum Gasteiger partial charge on any atom is -0.494 e. The fraction of sp³-hybridized carbons (Fsp3) is 0.286. The maximum atomic E-state index is 13.8. The summed E-state index contributed by atoms with van der Waals surface area (Å²) in [6.07, 6.45) is 2.79. The highest BCUT2D eigenvalue weighted by Gasteiger charge is 2.27. The van der Waals surface area contributed by atoms with Crippen molar-refractivity contribution in [3.05, 3.63) is 59.5 Å². The number of ether oxygens (including phenoxy) is 1. The first-order valence-electron chi connectivity index (χ1n) is 9.34. The molecule has 3 N–H and O–H groups in total. The smallest absolute Gasteiger partial charge is 0.251 e. The number of carbonyl (C=O) groups is 1. The topological polar surface area (TPSA) is 96.4 Å². The van der Waals surface area contributed by atoms with Crippen LogP contribution >= 0.6 is 0 Å². The van der Waals surface area contributed by atoms with Crippen molar-refractivity contribution in [3.63, 3.8) is 0 Å². The van der Waals surface area contributed by atoms with Crippen LogP contribution in [0.2, 0.25) is 0 Å². The third-order valence-electron chi connectivity index (χ3n) is 4.96. The van der Waals surface area contributed by atoms with Gasteiger partial charge in [0.2, 0.25) is 5.95 Å². The van der Waals surface area contributed by atoms with E-state index < -0.39 is 5.82 Å². The van der Waals surface area contributed by atoms with Crippen LogP contribution in [0, 0.1) is 5.82 Å². The number of carbonyl (C=O) groups excluding carboxylic acids is 1. The van der Waals surface area contributed by atoms with Crippen LogP contribution < -0.4 is 15.4 Å². The van der Waals surface area contributed by atoms with Crippen molar-refractivity contribution >= 4 is 22.8 Å². The number of aliphatic hydroxyl groups is 1. The number of hydrogen-bond acceptors (Lipinski definition) is 6. The summed E-state index contributed by atoms with van der Waals surface area (Å²) in [4.78, 5) is 21.3. The third-order valence-corrected chi connectivity index (χ3v) is 4.96. The van der Waals surface area contributed by atoms with Crippen molar-refractivity contribution in [1.29, 1.82) is 0 Å². The van der Waals surface area contributed by atoms with E-state index in [0.29, 0.717) is 35.4 Å². The standard InChI is InChI=1S/C21H21FN4O3/c1-29-19-5-2-12(6-17(19)22)10-23-20(28)13-3-4-14-11-24-21(26-18(14)7-13)25-15-8-16(27)9-15/h2-7,11,15-16,27H,8-10H2,1H3,(H,23,28)(H,24,25,26)/t15-,16+. The minimum atomic E-state index is -0.472. The summed E-state index contributed by atoms with van der Waals surface area (Å²) >= 11 is 0. The van der Waals surface area contributed by atoms with E-state index in [4.69, 9.17) is 4.74 Å². The Labute approximate surface area is 166 Å². The maximum absolute atomic E-state index is 13.8. The van der Waals surface area contributed by atoms with Crippen LogP contribution in [0.4, 0.5) is 10.3 Å². The van der Waals surface area contributed by atoms with Crippen LogP contribution in [0.3, 0.4) is 0 Å². The molecule has 0 atom stereocenters. The van der Waals surface area contributed by atoms with Gasteiger partial charge in [-0.2, -0.15) is 0 Å². The molecule has 2 aromatic carbocycles. The first-order valence-corrected chi connectivity index (χ1v) is 9.34. The number of hydrogen-bond donors (Lipinski definition) is 3. The van der Waals surface area contributed by atoms with Gasteiger partial charge in [0.15, 0.2) is 11.6 Å². The van der Waals surface area contributed by atoms with Gasteiger partial charge in [0, 0.05) is 29.7 Å². The Morgan fingerprint density at radius 2 is 2.10 bits per heavy atom. The van der Waals surface area contributed by atoms with E-state index in [1.165, 1.54) is 19.2 Å². The fourth-order valence-electron chi connectivity index (χ4n) is 3.23. The molecule has 1 aliphatic rings. The third kappa shape index (κ3) is 4.27. The van der Waals surface area contributed by atoms with Crippen molar-refractivity contribution in [2.24, 2.45) is 0 Å². The van der Waals surface area contributed by atoms with Gasteiger partial charge >= 0.3 is 0 Å². The second-order valence-electron chi connectivity index (χ2n) is 7.09. The van der Waals surface area contributed by atoms with Crippen molar-refractivity contribution in [2.45, 2.75) is 31.5 Å². The van der Waals surface area contributed by atoms with Crippen LogP contribution in [-0.4, -0.2) is 40.2 Å². The number of anilines is 1. The Bertz CT molecular complexity index is 1050. The van der Waals surface area contributed by atoms with Gasteiger partial charge in [-0.05, 0) is 42.7 Å². The highest BCUT2D eigenvalue weighted by Crippen LogP contribution is 2.23. The molecule has 0 bridgehead atoms. The van der Waals surface area contributed by atoms with Gasteiger partial charge in [-0.15, -0.1) is 0 Å². The molecule has 1 fully saturated rings. The summed E-state index contributed by atoms with van der Waals surface area (Å²) in [6.45, 7) is 0.193. The number of aliphatic hydroxyl groups excluding tert-OH is 1. The fourth-order valence-corrected chi connectivity index (χ4v) is 3.23. The van der Waals surface area contributed by atoms with Crippen molar-refractivity contribution < 1.29 is 19.0 Å². The van der Waals surface area contributed by atoms with Crippen LogP contribution in [0.5, 0.6) is 5.75 Å². The first kappa shape index (κ1) is 19.1. The van der Waals surface area contributed by atoms with E-state index in [9.17, 15) is 14.3 Å². The van der Waals surface area contributed by atoms with Gasteiger partial charge in [0.05, 0.1) is 18.7 Å². The summed E-state index contributed by atoms with van der Waals surface area (Å²) in [5.41, 5.74) is 1.73. The van der Waals surface area contributed by atoms with E-state index in [1.807, 2.05) is 0 Å². The van der Waals surface area contributed by atoms with Gasteiger partial charge in [-0.25, -0.2) is 14.4 Å². The zero-order valence-electron chi connectivity index (χ0n) is 15.9. The monoisotopic (exact) mass is 396 g/mol. The summed E-state index contributed by atoms with van der Waals surface area (Å²) in [5.74, 6) is -0.116. The highest BCUT2D eigenvalue weighted by atomic mass is 19.1. The van der Waals surface area contributed by atoms with E-state index in [-0.39, 0.29) is 30.3 Å². The van der Waals surface area contributed by atoms with Gasteiger partial charge < -0.3 is 20.5 Å². The molecule has 0 spiro atoms. The van der Waals surface area contributed by atoms with E-state index in [1.54, 1.807) is 30.5 Å². The molecule has 1 amide bonds. The number of nitrogens with one attached hydrogen (secondary N) is 2. The minimum absolute atomic E-state index is 0.162. The lowest BCUT2D eigenvalue weighted by molar-refractivity contribution is 0.0834. The number of amides is 1. The number of nitrogens with zero attached hydrogens (tertiary/aromatic N) is 2. The largest absolute Gasteiger partial charge is 0.494 e. The Hall–Kier alpha value is -3.26. The predicted molar refractivity (Wildman–Crippen MR) is 106 cm³/mol. The van der Waals surface area contributed by atoms with Gasteiger partial charge in [0.1, 0.15) is 0 Å². The SMILES string of the molecule is COc1ccc(CNC(=O)c2ccc3cnc(N[C@H]4C[C@@H](O)C4)nc3c2)cc1F. The summed E-state index contributed by atoms with van der Waals surface area (Å²) in [5, 5.41) is 16.2. The molecule has 4 rings (SSSR count). The predicted octanol–water partition coefficient (Wildman–Crippen LogP) is 2.64. The Morgan fingerprint density at radius 3 is 2.83 bits per heavy atom. The van der Waals surface area contributed by atoms with Crippen LogP contribution in [-0.2, 0) is 6.54 Å². The number of rotatable bonds is 6. The molecule has 0 saturated heterocycles. The molecular formula is C21H21FN4O3. The zero-order valence-corrected chi connectivity index (χ0v) is 15.9. The summed E-state index contributed by atoms with van der Waals surface area (Å²) in [7, 11) is 1.40. The van der Waals surface area contributed by atoms with Crippen molar-refractivity contribution in [1.82, 2.24) is 15.3 Å². The molecule has 8 heteroatoms. The average molecular weight is 396 g/mol. The molecule has 0 radical (unpaired) electrons. The molecule has 7 nitrogen and oxygen atoms in total.